The molecule has 1 fully saturated rings. The molecule has 1 aliphatic rings. The average molecular weight is 322 g/mol. The molecule has 1 aromatic rings. The summed E-state index contributed by atoms with van der Waals surface area (Å²) in [5, 5.41) is -0.134. The van der Waals surface area contributed by atoms with Crippen molar-refractivity contribution in [3.8, 4) is 0 Å². The van der Waals surface area contributed by atoms with Gasteiger partial charge in [0.2, 0.25) is 0 Å². The second-order valence-corrected chi connectivity index (χ2v) is 5.73. The third kappa shape index (κ3) is 4.01. The molecule has 1 saturated heterocycles. The maximum absolute atomic E-state index is 12.8. The lowest BCUT2D eigenvalue weighted by atomic mass is 10.2. The van der Waals surface area contributed by atoms with Crippen molar-refractivity contribution in [2.24, 2.45) is 0 Å². The first-order valence-corrected chi connectivity index (χ1v) is 7.39. The van der Waals surface area contributed by atoms with Gasteiger partial charge in [0.05, 0.1) is 5.56 Å². The number of hydrogen-bond acceptors (Lipinski definition) is 3. The Morgan fingerprint density at radius 3 is 2.76 bits per heavy atom. The predicted octanol–water partition coefficient (Wildman–Crippen LogP) is 3.67. The highest BCUT2D eigenvalue weighted by Gasteiger charge is 2.32. The van der Waals surface area contributed by atoms with Crippen molar-refractivity contribution in [2.75, 3.05) is 31.6 Å². The topological polar surface area (TPSA) is 19.4 Å². The van der Waals surface area contributed by atoms with Crippen LogP contribution >= 0.6 is 11.6 Å². The molecule has 0 spiro atoms. The largest absolute Gasteiger partial charge is 0.416 e. The van der Waals surface area contributed by atoms with Crippen molar-refractivity contribution in [2.45, 2.75) is 32.0 Å². The van der Waals surface area contributed by atoms with Crippen molar-refractivity contribution < 1.29 is 13.2 Å². The van der Waals surface area contributed by atoms with E-state index in [-0.39, 0.29) is 11.0 Å². The Morgan fingerprint density at radius 2 is 2.14 bits per heavy atom. The molecule has 1 atom stereocenters. The Labute approximate surface area is 127 Å². The van der Waals surface area contributed by atoms with Gasteiger partial charge < -0.3 is 4.90 Å². The Bertz CT molecular complexity index is 493. The summed E-state index contributed by atoms with van der Waals surface area (Å²) in [6.07, 6.45) is -2.22. The summed E-state index contributed by atoms with van der Waals surface area (Å²) in [6.45, 7) is 4.75. The van der Waals surface area contributed by atoms with Crippen molar-refractivity contribution in [3.05, 3.63) is 22.8 Å². The summed E-state index contributed by atoms with van der Waals surface area (Å²) in [5.74, 6) is 0.262. The molecule has 21 heavy (non-hydrogen) atoms. The Kier molecular flexibility index (Phi) is 4.99. The quantitative estimate of drug-likeness (QED) is 0.789. The van der Waals surface area contributed by atoms with Gasteiger partial charge in [0.1, 0.15) is 11.0 Å². The minimum absolute atomic E-state index is 0.134. The SMILES string of the molecule is CCN1CCCC1CN(C)c1cc(C(F)(F)F)cc(Cl)n1. The van der Waals surface area contributed by atoms with Crippen LogP contribution in [0.1, 0.15) is 25.3 Å². The zero-order chi connectivity index (χ0) is 15.6. The molecule has 0 aliphatic carbocycles. The van der Waals surface area contributed by atoms with E-state index in [2.05, 4.69) is 16.8 Å². The van der Waals surface area contributed by atoms with Gasteiger partial charge in [-0.25, -0.2) is 4.98 Å². The fraction of sp³-hybridized carbons (Fsp3) is 0.643. The second-order valence-electron chi connectivity index (χ2n) is 5.34. The highest BCUT2D eigenvalue weighted by molar-refractivity contribution is 6.29. The maximum atomic E-state index is 12.8. The predicted molar refractivity (Wildman–Crippen MR) is 77.8 cm³/mol. The molecule has 0 bridgehead atoms. The first kappa shape index (κ1) is 16.4. The molecule has 3 nitrogen and oxygen atoms in total. The second kappa shape index (κ2) is 6.40. The molecule has 118 valence electrons. The molecule has 7 heteroatoms. The van der Waals surface area contributed by atoms with Gasteiger partial charge in [0.25, 0.3) is 0 Å². The number of nitrogens with zero attached hydrogens (tertiary/aromatic N) is 3. The third-order valence-corrected chi connectivity index (χ3v) is 4.08. The summed E-state index contributed by atoms with van der Waals surface area (Å²) < 4.78 is 38.5. The number of alkyl halides is 3. The molecule has 1 aromatic heterocycles. The van der Waals surface area contributed by atoms with Crippen molar-refractivity contribution >= 4 is 17.4 Å². The Morgan fingerprint density at radius 1 is 1.43 bits per heavy atom. The summed E-state index contributed by atoms with van der Waals surface area (Å²) in [4.78, 5) is 8.10. The fourth-order valence-corrected chi connectivity index (χ4v) is 2.97. The first-order chi connectivity index (χ1) is 9.81. The maximum Gasteiger partial charge on any atom is 0.416 e. The van der Waals surface area contributed by atoms with Crippen LogP contribution in [0.25, 0.3) is 0 Å². The Hall–Kier alpha value is -1.01. The third-order valence-electron chi connectivity index (χ3n) is 3.89. The van der Waals surface area contributed by atoms with Gasteiger partial charge in [-0.15, -0.1) is 0 Å². The van der Waals surface area contributed by atoms with Crippen molar-refractivity contribution in [3.63, 3.8) is 0 Å². The van der Waals surface area contributed by atoms with E-state index in [1.807, 2.05) is 0 Å². The summed E-state index contributed by atoms with van der Waals surface area (Å²) >= 11 is 5.72. The van der Waals surface area contributed by atoms with Crippen LogP contribution in [0.5, 0.6) is 0 Å². The van der Waals surface area contributed by atoms with Crippen molar-refractivity contribution in [1.82, 2.24) is 9.88 Å². The number of pyridine rings is 1. The number of likely N-dealkylation sites (tertiary alicyclic amines) is 1. The molecule has 2 heterocycles. The van der Waals surface area contributed by atoms with E-state index < -0.39 is 11.7 Å². The van der Waals surface area contributed by atoms with Crippen LogP contribution in [0.4, 0.5) is 19.0 Å². The number of hydrogen-bond donors (Lipinski definition) is 0. The van der Waals surface area contributed by atoms with Crippen molar-refractivity contribution in [1.29, 1.82) is 0 Å². The fourth-order valence-electron chi connectivity index (χ4n) is 2.77. The molecule has 0 aromatic carbocycles. The lowest BCUT2D eigenvalue weighted by molar-refractivity contribution is -0.137. The molecule has 2 rings (SSSR count). The Balaban J connectivity index is 2.15. The van der Waals surface area contributed by atoms with E-state index in [1.165, 1.54) is 0 Å². The van der Waals surface area contributed by atoms with Crippen LogP contribution in [0.3, 0.4) is 0 Å². The molecular weight excluding hydrogens is 303 g/mol. The average Bonchev–Trinajstić information content (AvgIpc) is 2.84. The van der Waals surface area contributed by atoms with E-state index in [0.29, 0.717) is 12.6 Å². The zero-order valence-electron chi connectivity index (χ0n) is 12.1. The van der Waals surface area contributed by atoms with E-state index in [1.54, 1.807) is 11.9 Å². The monoisotopic (exact) mass is 321 g/mol. The number of halogens is 4. The molecular formula is C14H19ClF3N3. The number of likely N-dealkylation sites (N-methyl/N-ethyl adjacent to an activating group) is 2. The highest BCUT2D eigenvalue weighted by Crippen LogP contribution is 2.32. The van der Waals surface area contributed by atoms with E-state index >= 15 is 0 Å². The van der Waals surface area contributed by atoms with Gasteiger partial charge in [-0.3, -0.25) is 4.90 Å². The minimum Gasteiger partial charge on any atom is -0.358 e. The first-order valence-electron chi connectivity index (χ1n) is 7.01. The molecule has 0 saturated carbocycles. The van der Waals surface area contributed by atoms with Gasteiger partial charge in [0.15, 0.2) is 0 Å². The van der Waals surface area contributed by atoms with Crippen LogP contribution in [0.15, 0.2) is 12.1 Å². The molecule has 0 N–H and O–H groups in total. The summed E-state index contributed by atoms with van der Waals surface area (Å²) in [5.41, 5.74) is -0.761. The van der Waals surface area contributed by atoms with E-state index in [4.69, 9.17) is 11.6 Å². The van der Waals surface area contributed by atoms with Gasteiger partial charge >= 0.3 is 6.18 Å². The van der Waals surface area contributed by atoms with Gasteiger partial charge in [-0.1, -0.05) is 18.5 Å². The van der Waals surface area contributed by atoms with Gasteiger partial charge in [-0.05, 0) is 38.1 Å². The van der Waals surface area contributed by atoms with Crippen LogP contribution in [0, 0.1) is 0 Å². The minimum atomic E-state index is -4.41. The van der Waals surface area contributed by atoms with E-state index in [9.17, 15) is 13.2 Å². The van der Waals surface area contributed by atoms with Crippen LogP contribution in [-0.4, -0.2) is 42.6 Å². The number of anilines is 1. The van der Waals surface area contributed by atoms with E-state index in [0.717, 1.165) is 38.1 Å². The lowest BCUT2D eigenvalue weighted by Crippen LogP contribution is -2.39. The standard InChI is InChI=1S/C14H19ClF3N3/c1-3-21-6-4-5-11(21)9-20(2)13-8-10(14(16,17)18)7-12(15)19-13/h7-8,11H,3-6,9H2,1-2H3. The number of rotatable bonds is 4. The number of aromatic nitrogens is 1. The van der Waals surface area contributed by atoms with Gasteiger partial charge in [0, 0.05) is 19.6 Å². The lowest BCUT2D eigenvalue weighted by Gasteiger charge is -2.28. The normalized spacial score (nSPS) is 20.0. The van der Waals surface area contributed by atoms with Crippen LogP contribution in [-0.2, 0) is 6.18 Å². The molecule has 0 radical (unpaired) electrons. The van der Waals surface area contributed by atoms with Crippen LogP contribution < -0.4 is 4.90 Å². The summed E-state index contributed by atoms with van der Waals surface area (Å²) in [6, 6.07) is 2.26. The summed E-state index contributed by atoms with van der Waals surface area (Å²) in [7, 11) is 1.75. The molecule has 0 amide bonds. The van der Waals surface area contributed by atoms with Crippen LogP contribution in [0.2, 0.25) is 5.15 Å². The zero-order valence-corrected chi connectivity index (χ0v) is 12.9. The highest BCUT2D eigenvalue weighted by atomic mass is 35.5. The smallest absolute Gasteiger partial charge is 0.358 e. The van der Waals surface area contributed by atoms with Gasteiger partial charge in [-0.2, -0.15) is 13.2 Å². The molecule has 1 aliphatic heterocycles. The molecule has 1 unspecified atom stereocenters.